The topological polar surface area (TPSA) is 38.1 Å². The number of hydrogen-bond donors (Lipinski definition) is 1. The fourth-order valence-electron chi connectivity index (χ4n) is 2.28. The van der Waals surface area contributed by atoms with Gasteiger partial charge in [-0.3, -0.25) is 0 Å². The number of para-hydroxylation sites is 2. The van der Waals surface area contributed by atoms with Crippen LogP contribution in [0.3, 0.4) is 0 Å². The van der Waals surface area contributed by atoms with Gasteiger partial charge in [0.15, 0.2) is 5.58 Å². The highest BCUT2D eigenvalue weighted by molar-refractivity contribution is 7.12. The summed E-state index contributed by atoms with van der Waals surface area (Å²) in [6.45, 7) is 6.41. The van der Waals surface area contributed by atoms with E-state index in [0.717, 1.165) is 11.1 Å². The number of oxazole rings is 1. The van der Waals surface area contributed by atoms with E-state index in [2.05, 4.69) is 37.1 Å². The van der Waals surface area contributed by atoms with Crippen LogP contribution < -0.4 is 5.32 Å². The molecule has 1 unspecified atom stereocenters. The lowest BCUT2D eigenvalue weighted by molar-refractivity contribution is 0.604. The fraction of sp³-hybridized carbons (Fsp3) is 0.267. The van der Waals surface area contributed by atoms with Crippen LogP contribution in [-0.2, 0) is 0 Å². The largest absolute Gasteiger partial charge is 0.424 e. The summed E-state index contributed by atoms with van der Waals surface area (Å²) < 4.78 is 5.69. The second-order valence-electron chi connectivity index (χ2n) is 4.72. The van der Waals surface area contributed by atoms with E-state index in [4.69, 9.17) is 4.42 Å². The minimum atomic E-state index is 0.193. The number of anilines is 1. The number of aromatic nitrogens is 1. The Morgan fingerprint density at radius 3 is 2.74 bits per heavy atom. The smallest absolute Gasteiger partial charge is 0.296 e. The lowest BCUT2D eigenvalue weighted by atomic mass is 10.1. The molecule has 0 fully saturated rings. The van der Waals surface area contributed by atoms with Gasteiger partial charge in [0, 0.05) is 9.75 Å². The normalized spacial score (nSPS) is 12.8. The van der Waals surface area contributed by atoms with Gasteiger partial charge in [-0.15, -0.1) is 11.3 Å². The molecule has 0 spiro atoms. The maximum absolute atomic E-state index is 5.69. The number of rotatable bonds is 3. The van der Waals surface area contributed by atoms with Crippen molar-refractivity contribution in [1.82, 2.24) is 4.98 Å². The highest BCUT2D eigenvalue weighted by Crippen LogP contribution is 2.29. The average molecular weight is 272 g/mol. The van der Waals surface area contributed by atoms with Crippen LogP contribution in [0.2, 0.25) is 0 Å². The number of thiophene rings is 1. The molecule has 0 saturated carbocycles. The van der Waals surface area contributed by atoms with Gasteiger partial charge in [-0.2, -0.15) is 4.98 Å². The van der Waals surface area contributed by atoms with E-state index in [-0.39, 0.29) is 6.04 Å². The molecule has 4 heteroatoms. The molecule has 0 aliphatic heterocycles. The molecule has 0 saturated heterocycles. The van der Waals surface area contributed by atoms with E-state index in [1.807, 2.05) is 35.6 Å². The van der Waals surface area contributed by atoms with E-state index >= 15 is 0 Å². The predicted octanol–water partition coefficient (Wildman–Crippen LogP) is 4.68. The molecule has 2 aromatic heterocycles. The summed E-state index contributed by atoms with van der Waals surface area (Å²) in [5.74, 6) is 0. The van der Waals surface area contributed by atoms with Gasteiger partial charge in [-0.25, -0.2) is 0 Å². The molecular formula is C15H16N2OS. The first-order chi connectivity index (χ1) is 9.13. The summed E-state index contributed by atoms with van der Waals surface area (Å²) in [5, 5.41) is 3.33. The van der Waals surface area contributed by atoms with Crippen molar-refractivity contribution in [3.63, 3.8) is 0 Å². The summed E-state index contributed by atoms with van der Waals surface area (Å²) in [4.78, 5) is 7.11. The molecule has 98 valence electrons. The van der Waals surface area contributed by atoms with Crippen LogP contribution in [-0.4, -0.2) is 4.98 Å². The quantitative estimate of drug-likeness (QED) is 0.752. The van der Waals surface area contributed by atoms with Crippen molar-refractivity contribution in [2.75, 3.05) is 5.32 Å². The highest BCUT2D eigenvalue weighted by atomic mass is 32.1. The minimum Gasteiger partial charge on any atom is -0.424 e. The van der Waals surface area contributed by atoms with Crippen LogP contribution in [0.5, 0.6) is 0 Å². The molecule has 0 bridgehead atoms. The van der Waals surface area contributed by atoms with Crippen LogP contribution in [0, 0.1) is 13.8 Å². The van der Waals surface area contributed by atoms with Crippen molar-refractivity contribution in [2.24, 2.45) is 0 Å². The Morgan fingerprint density at radius 2 is 2.05 bits per heavy atom. The Hall–Kier alpha value is -1.81. The number of aryl methyl sites for hydroxylation is 2. The number of nitrogens with one attached hydrogen (secondary N) is 1. The van der Waals surface area contributed by atoms with Crippen molar-refractivity contribution in [3.05, 3.63) is 45.6 Å². The van der Waals surface area contributed by atoms with Crippen LogP contribution >= 0.6 is 11.3 Å². The molecule has 0 aliphatic rings. The van der Waals surface area contributed by atoms with E-state index < -0.39 is 0 Å². The SMILES string of the molecule is Cc1cc(C(C)Nc2nc3ccccc3o2)c(C)s1. The van der Waals surface area contributed by atoms with Gasteiger partial charge in [0.25, 0.3) is 6.01 Å². The number of fused-ring (bicyclic) bond motifs is 1. The molecule has 1 N–H and O–H groups in total. The monoisotopic (exact) mass is 272 g/mol. The predicted molar refractivity (Wildman–Crippen MR) is 79.8 cm³/mol. The van der Waals surface area contributed by atoms with Crippen molar-refractivity contribution < 1.29 is 4.42 Å². The van der Waals surface area contributed by atoms with Crippen LogP contribution in [0.15, 0.2) is 34.7 Å². The van der Waals surface area contributed by atoms with Gasteiger partial charge >= 0.3 is 0 Å². The van der Waals surface area contributed by atoms with Gasteiger partial charge in [0.05, 0.1) is 6.04 Å². The summed E-state index contributed by atoms with van der Waals surface area (Å²) in [5.41, 5.74) is 3.01. The summed E-state index contributed by atoms with van der Waals surface area (Å²) >= 11 is 1.82. The summed E-state index contributed by atoms with van der Waals surface area (Å²) in [7, 11) is 0. The van der Waals surface area contributed by atoms with Gasteiger partial charge in [0.1, 0.15) is 5.52 Å². The van der Waals surface area contributed by atoms with Crippen LogP contribution in [0.25, 0.3) is 11.1 Å². The van der Waals surface area contributed by atoms with Crippen molar-refractivity contribution in [2.45, 2.75) is 26.8 Å². The lowest BCUT2D eigenvalue weighted by Gasteiger charge is -2.11. The van der Waals surface area contributed by atoms with Crippen molar-refractivity contribution in [1.29, 1.82) is 0 Å². The van der Waals surface area contributed by atoms with E-state index in [1.54, 1.807) is 0 Å². The first-order valence-corrected chi connectivity index (χ1v) is 7.14. The minimum absolute atomic E-state index is 0.193. The zero-order valence-electron chi connectivity index (χ0n) is 11.2. The summed E-state index contributed by atoms with van der Waals surface area (Å²) in [6, 6.07) is 10.8. The van der Waals surface area contributed by atoms with Crippen LogP contribution in [0.4, 0.5) is 6.01 Å². The Balaban J connectivity index is 1.86. The number of benzene rings is 1. The third kappa shape index (κ3) is 2.36. The van der Waals surface area contributed by atoms with Gasteiger partial charge < -0.3 is 9.73 Å². The van der Waals surface area contributed by atoms with E-state index in [0.29, 0.717) is 6.01 Å². The maximum atomic E-state index is 5.69. The Morgan fingerprint density at radius 1 is 1.26 bits per heavy atom. The molecule has 1 aromatic carbocycles. The second-order valence-corrected chi connectivity index (χ2v) is 6.18. The van der Waals surface area contributed by atoms with Gasteiger partial charge in [-0.05, 0) is 44.5 Å². The Kier molecular flexibility index (Phi) is 3.03. The van der Waals surface area contributed by atoms with Crippen molar-refractivity contribution in [3.8, 4) is 0 Å². The third-order valence-corrected chi connectivity index (χ3v) is 4.16. The molecule has 19 heavy (non-hydrogen) atoms. The Labute approximate surface area is 116 Å². The fourth-order valence-corrected chi connectivity index (χ4v) is 3.30. The first-order valence-electron chi connectivity index (χ1n) is 6.32. The maximum Gasteiger partial charge on any atom is 0.296 e. The van der Waals surface area contributed by atoms with Gasteiger partial charge in [0.2, 0.25) is 0 Å². The molecule has 2 heterocycles. The zero-order chi connectivity index (χ0) is 13.4. The van der Waals surface area contributed by atoms with Gasteiger partial charge in [-0.1, -0.05) is 12.1 Å². The molecule has 3 rings (SSSR count). The number of nitrogens with zero attached hydrogens (tertiary/aromatic N) is 1. The zero-order valence-corrected chi connectivity index (χ0v) is 12.0. The molecule has 3 nitrogen and oxygen atoms in total. The molecule has 0 aliphatic carbocycles. The van der Waals surface area contributed by atoms with E-state index in [1.165, 1.54) is 15.3 Å². The number of hydrogen-bond acceptors (Lipinski definition) is 4. The molecule has 1 atom stereocenters. The molecule has 0 radical (unpaired) electrons. The van der Waals surface area contributed by atoms with E-state index in [9.17, 15) is 0 Å². The average Bonchev–Trinajstić information content (AvgIpc) is 2.91. The first kappa shape index (κ1) is 12.2. The second kappa shape index (κ2) is 4.70. The van der Waals surface area contributed by atoms with Crippen molar-refractivity contribution >= 4 is 28.5 Å². The third-order valence-electron chi connectivity index (χ3n) is 3.18. The Bertz CT molecular complexity index is 681. The van der Waals surface area contributed by atoms with Crippen LogP contribution in [0.1, 0.15) is 28.3 Å². The standard InChI is InChI=1S/C15H16N2OS/c1-9-8-12(11(3)19-9)10(2)16-15-17-13-6-4-5-7-14(13)18-15/h4-8,10H,1-3H3,(H,16,17). The lowest BCUT2D eigenvalue weighted by Crippen LogP contribution is -2.06. The highest BCUT2D eigenvalue weighted by Gasteiger charge is 2.13. The molecular weight excluding hydrogens is 256 g/mol. The molecule has 3 aromatic rings. The molecule has 0 amide bonds. The summed E-state index contributed by atoms with van der Waals surface area (Å²) in [6.07, 6.45) is 0.